The van der Waals surface area contributed by atoms with E-state index in [2.05, 4.69) is 39.1 Å². The second-order valence-electron chi connectivity index (χ2n) is 7.45. The molecule has 4 rings (SSSR count). The molecular formula is C22H26N4O2S2. The van der Waals surface area contributed by atoms with Gasteiger partial charge in [-0.05, 0) is 38.3 Å². The molecule has 30 heavy (non-hydrogen) atoms. The Morgan fingerprint density at radius 1 is 1.30 bits per heavy atom. The molecule has 158 valence electrons. The van der Waals surface area contributed by atoms with Gasteiger partial charge in [0.25, 0.3) is 0 Å². The Morgan fingerprint density at radius 2 is 2.13 bits per heavy atom. The molecule has 1 aliphatic rings. The normalized spacial score (nSPS) is 16.1. The fraction of sp³-hybridized carbons (Fsp3) is 0.409. The average molecular weight is 443 g/mol. The first-order valence-corrected chi connectivity index (χ1v) is 12.0. The van der Waals surface area contributed by atoms with E-state index in [1.54, 1.807) is 0 Å². The summed E-state index contributed by atoms with van der Waals surface area (Å²) in [6.07, 6.45) is 2.47. The molecule has 0 bridgehead atoms. The second-order valence-corrected chi connectivity index (χ2v) is 9.65. The lowest BCUT2D eigenvalue weighted by atomic mass is 10.2. The van der Waals surface area contributed by atoms with Crippen molar-refractivity contribution in [1.82, 2.24) is 14.8 Å². The number of nitrogens with one attached hydrogen (secondary N) is 1. The van der Waals surface area contributed by atoms with Crippen LogP contribution in [0.15, 0.2) is 40.7 Å². The summed E-state index contributed by atoms with van der Waals surface area (Å²) in [7, 11) is 0. The van der Waals surface area contributed by atoms with E-state index < -0.39 is 0 Å². The number of carbonyl (C=O) groups excluding carboxylic acids is 1. The Morgan fingerprint density at radius 3 is 2.90 bits per heavy atom. The predicted octanol–water partition coefficient (Wildman–Crippen LogP) is 4.72. The lowest BCUT2D eigenvalue weighted by Crippen LogP contribution is -2.17. The lowest BCUT2D eigenvalue weighted by molar-refractivity contribution is 0.0957. The van der Waals surface area contributed by atoms with Gasteiger partial charge in [0, 0.05) is 36.6 Å². The number of Topliss-reactive ketones (excluding diaryl/α,β-unsaturated/α-hetero) is 1. The standard InChI is InChI=1S/C22H26N4O2S2/c1-15-11-19(16(2)26(15)13-18-9-6-10-28-18)20(27)14-29-22-25-24-21(30-22)23-12-17-7-4-3-5-8-17/h3-5,7-8,11,18H,6,9-10,12-14H2,1-2H3,(H,23,24)/t18-/m0/s1. The zero-order chi connectivity index (χ0) is 20.9. The number of benzene rings is 1. The summed E-state index contributed by atoms with van der Waals surface area (Å²) in [5.41, 5.74) is 4.12. The summed E-state index contributed by atoms with van der Waals surface area (Å²) >= 11 is 2.92. The molecule has 1 saturated heterocycles. The van der Waals surface area contributed by atoms with Crippen LogP contribution < -0.4 is 5.32 Å². The van der Waals surface area contributed by atoms with Gasteiger partial charge in [0.05, 0.1) is 11.9 Å². The molecule has 1 fully saturated rings. The Kier molecular flexibility index (Phi) is 6.86. The van der Waals surface area contributed by atoms with Gasteiger partial charge < -0.3 is 14.6 Å². The van der Waals surface area contributed by atoms with E-state index in [0.29, 0.717) is 12.3 Å². The van der Waals surface area contributed by atoms with Crippen molar-refractivity contribution in [3.8, 4) is 0 Å². The van der Waals surface area contributed by atoms with Gasteiger partial charge >= 0.3 is 0 Å². The van der Waals surface area contributed by atoms with E-state index in [9.17, 15) is 4.79 Å². The number of ketones is 1. The topological polar surface area (TPSA) is 69.0 Å². The Balaban J connectivity index is 1.32. The van der Waals surface area contributed by atoms with Gasteiger partial charge in [-0.15, -0.1) is 10.2 Å². The van der Waals surface area contributed by atoms with Crippen LogP contribution in [0.2, 0.25) is 0 Å². The van der Waals surface area contributed by atoms with Crippen molar-refractivity contribution in [1.29, 1.82) is 0 Å². The van der Waals surface area contributed by atoms with Crippen LogP contribution >= 0.6 is 23.1 Å². The molecule has 8 heteroatoms. The number of rotatable bonds is 9. The number of aryl methyl sites for hydroxylation is 1. The Hall–Kier alpha value is -2.16. The zero-order valence-electron chi connectivity index (χ0n) is 17.3. The van der Waals surface area contributed by atoms with Crippen molar-refractivity contribution in [2.24, 2.45) is 0 Å². The van der Waals surface area contributed by atoms with E-state index in [0.717, 1.165) is 52.4 Å². The maximum Gasteiger partial charge on any atom is 0.206 e. The summed E-state index contributed by atoms with van der Waals surface area (Å²) in [6.45, 7) is 6.45. The Labute approximate surface area is 185 Å². The molecule has 6 nitrogen and oxygen atoms in total. The van der Waals surface area contributed by atoms with Gasteiger partial charge in [0.15, 0.2) is 10.1 Å². The molecule has 3 aromatic rings. The summed E-state index contributed by atoms with van der Waals surface area (Å²) in [5, 5.41) is 12.4. The molecule has 0 aliphatic carbocycles. The maximum atomic E-state index is 12.8. The van der Waals surface area contributed by atoms with Gasteiger partial charge in [-0.25, -0.2) is 0 Å². The Bertz CT molecular complexity index is 994. The number of hydrogen-bond donors (Lipinski definition) is 1. The zero-order valence-corrected chi connectivity index (χ0v) is 18.9. The van der Waals surface area contributed by atoms with Crippen LogP contribution in [0.4, 0.5) is 5.13 Å². The minimum absolute atomic E-state index is 0.126. The summed E-state index contributed by atoms with van der Waals surface area (Å²) in [4.78, 5) is 12.8. The molecule has 1 atom stereocenters. The van der Waals surface area contributed by atoms with Crippen LogP contribution in [0.5, 0.6) is 0 Å². The first kappa shape index (κ1) is 21.1. The SMILES string of the molecule is Cc1cc(C(=O)CSc2nnc(NCc3ccccc3)s2)c(C)n1C[C@@H]1CCCO1. The smallest absolute Gasteiger partial charge is 0.206 e. The van der Waals surface area contributed by atoms with Crippen LogP contribution in [0.1, 0.15) is 40.2 Å². The third kappa shape index (κ3) is 5.11. The van der Waals surface area contributed by atoms with Gasteiger partial charge in [0.1, 0.15) is 0 Å². The highest BCUT2D eigenvalue weighted by Crippen LogP contribution is 2.28. The van der Waals surface area contributed by atoms with Crippen molar-refractivity contribution in [3.63, 3.8) is 0 Å². The largest absolute Gasteiger partial charge is 0.376 e. The minimum atomic E-state index is 0.126. The van der Waals surface area contributed by atoms with E-state index in [1.165, 1.54) is 28.7 Å². The summed E-state index contributed by atoms with van der Waals surface area (Å²) in [5.74, 6) is 0.484. The molecule has 1 N–H and O–H groups in total. The molecular weight excluding hydrogens is 416 g/mol. The highest BCUT2D eigenvalue weighted by atomic mass is 32.2. The number of thioether (sulfide) groups is 1. The second kappa shape index (κ2) is 9.76. The highest BCUT2D eigenvalue weighted by Gasteiger charge is 2.21. The molecule has 1 aliphatic heterocycles. The molecule has 1 aromatic carbocycles. The van der Waals surface area contributed by atoms with Crippen LogP contribution in [0.3, 0.4) is 0 Å². The molecule has 2 aromatic heterocycles. The van der Waals surface area contributed by atoms with E-state index >= 15 is 0 Å². The number of nitrogens with zero attached hydrogens (tertiary/aromatic N) is 3. The van der Waals surface area contributed by atoms with E-state index in [-0.39, 0.29) is 11.9 Å². The van der Waals surface area contributed by atoms with Gasteiger partial charge in [-0.3, -0.25) is 4.79 Å². The fourth-order valence-corrected chi connectivity index (χ4v) is 5.31. The van der Waals surface area contributed by atoms with Crippen LogP contribution in [0.25, 0.3) is 0 Å². The highest BCUT2D eigenvalue weighted by molar-refractivity contribution is 8.01. The monoisotopic (exact) mass is 442 g/mol. The number of ether oxygens (including phenoxy) is 1. The van der Waals surface area contributed by atoms with E-state index in [1.807, 2.05) is 31.2 Å². The summed E-state index contributed by atoms with van der Waals surface area (Å²) < 4.78 is 8.77. The first-order chi connectivity index (χ1) is 14.6. The van der Waals surface area contributed by atoms with Crippen molar-refractivity contribution >= 4 is 34.0 Å². The minimum Gasteiger partial charge on any atom is -0.376 e. The van der Waals surface area contributed by atoms with Crippen molar-refractivity contribution in [2.45, 2.75) is 50.2 Å². The third-order valence-corrected chi connectivity index (χ3v) is 7.32. The van der Waals surface area contributed by atoms with E-state index in [4.69, 9.17) is 4.74 Å². The number of anilines is 1. The third-order valence-electron chi connectivity index (χ3n) is 5.30. The maximum absolute atomic E-state index is 12.8. The van der Waals surface area contributed by atoms with Crippen molar-refractivity contribution < 1.29 is 9.53 Å². The fourth-order valence-electron chi connectivity index (χ4n) is 3.67. The molecule has 0 unspecified atom stereocenters. The van der Waals surface area contributed by atoms with Crippen LogP contribution in [-0.2, 0) is 17.8 Å². The lowest BCUT2D eigenvalue weighted by Gasteiger charge is -2.14. The average Bonchev–Trinajstić information content (AvgIpc) is 3.49. The quantitative estimate of drug-likeness (QED) is 0.382. The molecule has 0 saturated carbocycles. The van der Waals surface area contributed by atoms with Gasteiger partial charge in [-0.1, -0.05) is 53.4 Å². The van der Waals surface area contributed by atoms with Crippen molar-refractivity contribution in [2.75, 3.05) is 17.7 Å². The van der Waals surface area contributed by atoms with Crippen molar-refractivity contribution in [3.05, 3.63) is 58.9 Å². The molecule has 0 radical (unpaired) electrons. The summed E-state index contributed by atoms with van der Waals surface area (Å²) in [6, 6.07) is 12.2. The number of carbonyl (C=O) groups is 1. The van der Waals surface area contributed by atoms with Gasteiger partial charge in [0.2, 0.25) is 5.13 Å². The molecule has 3 heterocycles. The molecule has 0 amide bonds. The van der Waals surface area contributed by atoms with Crippen LogP contribution in [0, 0.1) is 13.8 Å². The predicted molar refractivity (Wildman–Crippen MR) is 122 cm³/mol. The number of hydrogen-bond acceptors (Lipinski definition) is 7. The molecule has 0 spiro atoms. The van der Waals surface area contributed by atoms with Crippen LogP contribution in [-0.4, -0.2) is 39.0 Å². The van der Waals surface area contributed by atoms with Gasteiger partial charge in [-0.2, -0.15) is 0 Å². The first-order valence-electron chi connectivity index (χ1n) is 10.2. The number of aromatic nitrogens is 3.